The first kappa shape index (κ1) is 13.7. The van der Waals surface area contributed by atoms with Crippen LogP contribution in [-0.2, 0) is 6.54 Å². The second kappa shape index (κ2) is 5.50. The number of benzene rings is 1. The van der Waals surface area contributed by atoms with E-state index in [0.29, 0.717) is 4.34 Å². The van der Waals surface area contributed by atoms with Gasteiger partial charge >= 0.3 is 0 Å². The molecule has 0 fully saturated rings. The molecule has 1 aromatic carbocycles. The van der Waals surface area contributed by atoms with E-state index in [9.17, 15) is 13.2 Å². The van der Waals surface area contributed by atoms with Crippen LogP contribution >= 0.6 is 38.9 Å². The van der Waals surface area contributed by atoms with Crippen molar-refractivity contribution in [2.45, 2.75) is 6.54 Å². The van der Waals surface area contributed by atoms with Gasteiger partial charge < -0.3 is 5.32 Å². The van der Waals surface area contributed by atoms with E-state index in [4.69, 9.17) is 11.6 Å². The van der Waals surface area contributed by atoms with Crippen LogP contribution in [0.2, 0.25) is 4.34 Å². The van der Waals surface area contributed by atoms with Crippen LogP contribution in [0.1, 0.15) is 4.88 Å². The number of hydrogen-bond acceptors (Lipinski definition) is 2. The molecule has 18 heavy (non-hydrogen) atoms. The Bertz CT molecular complexity index is 568. The molecule has 0 radical (unpaired) electrons. The van der Waals surface area contributed by atoms with Crippen LogP contribution in [0.15, 0.2) is 22.7 Å². The summed E-state index contributed by atoms with van der Waals surface area (Å²) in [5.41, 5.74) is -0.0884. The Morgan fingerprint density at radius 3 is 2.56 bits per heavy atom. The zero-order valence-corrected chi connectivity index (χ0v) is 11.9. The summed E-state index contributed by atoms with van der Waals surface area (Å²) in [5, 5.41) is 2.69. The van der Waals surface area contributed by atoms with E-state index in [1.54, 1.807) is 6.07 Å². The Kier molecular flexibility index (Phi) is 4.19. The van der Waals surface area contributed by atoms with Gasteiger partial charge in [-0.15, -0.1) is 11.3 Å². The van der Waals surface area contributed by atoms with Gasteiger partial charge in [-0.3, -0.25) is 0 Å². The van der Waals surface area contributed by atoms with Crippen molar-refractivity contribution in [3.63, 3.8) is 0 Å². The van der Waals surface area contributed by atoms with E-state index in [-0.39, 0.29) is 12.2 Å². The Morgan fingerprint density at radius 1 is 1.22 bits per heavy atom. The van der Waals surface area contributed by atoms with Crippen LogP contribution in [0.5, 0.6) is 0 Å². The number of hydrogen-bond donors (Lipinski definition) is 1. The molecule has 0 unspecified atom stereocenters. The van der Waals surface area contributed by atoms with Crippen molar-refractivity contribution in [3.05, 3.63) is 49.3 Å². The minimum Gasteiger partial charge on any atom is -0.378 e. The molecule has 0 aliphatic carbocycles. The molecule has 2 aromatic rings. The molecule has 0 aliphatic heterocycles. The highest BCUT2D eigenvalue weighted by atomic mass is 79.9. The molecule has 0 aliphatic rings. The number of nitrogens with one attached hydrogen (secondary N) is 1. The van der Waals surface area contributed by atoms with E-state index in [2.05, 4.69) is 21.2 Å². The quantitative estimate of drug-likeness (QED) is 0.746. The van der Waals surface area contributed by atoms with Crippen LogP contribution in [0.3, 0.4) is 0 Å². The summed E-state index contributed by atoms with van der Waals surface area (Å²) in [7, 11) is 0. The Hall–Kier alpha value is -0.720. The van der Waals surface area contributed by atoms with E-state index in [1.807, 2.05) is 0 Å². The van der Waals surface area contributed by atoms with Crippen LogP contribution < -0.4 is 5.32 Å². The topological polar surface area (TPSA) is 12.0 Å². The fourth-order valence-electron chi connectivity index (χ4n) is 1.32. The van der Waals surface area contributed by atoms with Crippen molar-refractivity contribution in [3.8, 4) is 0 Å². The molecule has 2 rings (SSSR count). The molecule has 0 saturated heterocycles. The summed E-state index contributed by atoms with van der Waals surface area (Å²) < 4.78 is 40.4. The van der Waals surface area contributed by atoms with Gasteiger partial charge in [-0.1, -0.05) is 11.6 Å². The van der Waals surface area contributed by atoms with Gasteiger partial charge in [0.25, 0.3) is 0 Å². The maximum Gasteiger partial charge on any atom is 0.196 e. The molecule has 0 amide bonds. The van der Waals surface area contributed by atoms with Crippen molar-refractivity contribution in [1.29, 1.82) is 0 Å². The maximum absolute atomic E-state index is 13.3. The summed E-state index contributed by atoms with van der Waals surface area (Å²) in [4.78, 5) is 0.844. The van der Waals surface area contributed by atoms with Crippen molar-refractivity contribution >= 4 is 44.6 Å². The van der Waals surface area contributed by atoms with Crippen LogP contribution in [0.25, 0.3) is 0 Å². The maximum atomic E-state index is 13.3. The number of thiophene rings is 1. The van der Waals surface area contributed by atoms with Gasteiger partial charge in [0, 0.05) is 15.9 Å². The smallest absolute Gasteiger partial charge is 0.196 e. The second-order valence-electron chi connectivity index (χ2n) is 3.41. The van der Waals surface area contributed by atoms with Gasteiger partial charge in [0.05, 0.1) is 5.69 Å². The minimum absolute atomic E-state index is 0.0884. The van der Waals surface area contributed by atoms with Crippen LogP contribution in [0.4, 0.5) is 18.9 Å². The molecule has 1 heterocycles. The van der Waals surface area contributed by atoms with Gasteiger partial charge in [0.1, 0.15) is 4.34 Å². The summed E-state index contributed by atoms with van der Waals surface area (Å²) in [5.74, 6) is -3.91. The molecule has 1 nitrogen and oxygen atoms in total. The third kappa shape index (κ3) is 2.81. The molecule has 96 valence electrons. The van der Waals surface area contributed by atoms with Crippen LogP contribution in [0, 0.1) is 17.5 Å². The Labute approximate surface area is 119 Å². The summed E-state index contributed by atoms with van der Waals surface area (Å²) >= 11 is 10.4. The second-order valence-corrected chi connectivity index (χ2v) is 6.00. The molecular weight excluding hydrogens is 351 g/mol. The first-order valence-corrected chi connectivity index (χ1v) is 6.79. The Morgan fingerprint density at radius 2 is 1.94 bits per heavy atom. The molecule has 1 N–H and O–H groups in total. The zero-order valence-electron chi connectivity index (χ0n) is 8.74. The van der Waals surface area contributed by atoms with Crippen molar-refractivity contribution in [2.75, 3.05) is 5.32 Å². The minimum atomic E-state index is -1.48. The molecule has 0 saturated carbocycles. The molecule has 7 heteroatoms. The highest BCUT2D eigenvalue weighted by Gasteiger charge is 2.13. The van der Waals surface area contributed by atoms with E-state index in [0.717, 1.165) is 21.5 Å². The number of rotatable bonds is 3. The molecular formula is C11H6BrClF3NS. The lowest BCUT2D eigenvalue weighted by atomic mass is 10.2. The van der Waals surface area contributed by atoms with E-state index >= 15 is 0 Å². The zero-order chi connectivity index (χ0) is 13.3. The first-order valence-electron chi connectivity index (χ1n) is 4.80. The summed E-state index contributed by atoms with van der Waals surface area (Å²) in [6, 6.07) is 3.80. The predicted octanol–water partition coefficient (Wildman–Crippen LogP) is 5.19. The fourth-order valence-corrected chi connectivity index (χ4v) is 3.05. The lowest BCUT2D eigenvalue weighted by Gasteiger charge is -2.06. The van der Waals surface area contributed by atoms with Gasteiger partial charge in [0.15, 0.2) is 17.5 Å². The summed E-state index contributed by atoms with van der Waals surface area (Å²) in [6.07, 6.45) is 0. The molecule has 0 bridgehead atoms. The predicted molar refractivity (Wildman–Crippen MR) is 70.7 cm³/mol. The first-order chi connectivity index (χ1) is 8.49. The standard InChI is InChI=1S/C11H6BrClF3NS/c12-6-3-5(18-11(6)13)4-17-8-2-1-7(14)9(15)10(8)16/h1-3,17H,4H2. The lowest BCUT2D eigenvalue weighted by Crippen LogP contribution is -2.02. The van der Waals surface area contributed by atoms with Gasteiger partial charge in [-0.2, -0.15) is 0 Å². The third-order valence-electron chi connectivity index (χ3n) is 2.18. The molecule has 1 aromatic heterocycles. The SMILES string of the molecule is Fc1ccc(NCc2cc(Br)c(Cl)s2)c(F)c1F. The average Bonchev–Trinajstić information content (AvgIpc) is 2.65. The number of halogens is 5. The molecule has 0 atom stereocenters. The van der Waals surface area contributed by atoms with Gasteiger partial charge in [-0.05, 0) is 34.1 Å². The molecule has 0 spiro atoms. The highest BCUT2D eigenvalue weighted by molar-refractivity contribution is 9.10. The highest BCUT2D eigenvalue weighted by Crippen LogP contribution is 2.32. The lowest BCUT2D eigenvalue weighted by molar-refractivity contribution is 0.449. The van der Waals surface area contributed by atoms with Crippen molar-refractivity contribution in [1.82, 2.24) is 0 Å². The van der Waals surface area contributed by atoms with Crippen molar-refractivity contribution < 1.29 is 13.2 Å². The van der Waals surface area contributed by atoms with Gasteiger partial charge in [-0.25, -0.2) is 13.2 Å². The monoisotopic (exact) mass is 355 g/mol. The average molecular weight is 357 g/mol. The van der Waals surface area contributed by atoms with Crippen LogP contribution in [-0.4, -0.2) is 0 Å². The Balaban J connectivity index is 2.13. The van der Waals surface area contributed by atoms with Crippen molar-refractivity contribution in [2.24, 2.45) is 0 Å². The summed E-state index contributed by atoms with van der Waals surface area (Å²) in [6.45, 7) is 0.276. The van der Waals surface area contributed by atoms with Gasteiger partial charge in [0.2, 0.25) is 0 Å². The normalized spacial score (nSPS) is 10.7. The number of anilines is 1. The van der Waals surface area contributed by atoms with E-state index < -0.39 is 17.5 Å². The largest absolute Gasteiger partial charge is 0.378 e. The third-order valence-corrected chi connectivity index (χ3v) is 4.66. The van der Waals surface area contributed by atoms with E-state index in [1.165, 1.54) is 11.3 Å². The fraction of sp³-hybridized carbons (Fsp3) is 0.0909.